The molecule has 0 fully saturated rings. The summed E-state index contributed by atoms with van der Waals surface area (Å²) in [6, 6.07) is 4.72. The average Bonchev–Trinajstić information content (AvgIpc) is 2.87. The Hall–Kier alpha value is -1.41. The van der Waals surface area contributed by atoms with E-state index in [2.05, 4.69) is 4.98 Å². The van der Waals surface area contributed by atoms with E-state index in [1.807, 2.05) is 6.92 Å². The highest BCUT2D eigenvalue weighted by molar-refractivity contribution is 7.93. The van der Waals surface area contributed by atoms with Crippen LogP contribution in [0.2, 0.25) is 0 Å². The van der Waals surface area contributed by atoms with Crippen LogP contribution in [0.5, 0.6) is 0 Å². The van der Waals surface area contributed by atoms with Gasteiger partial charge in [0.15, 0.2) is 5.03 Å². The van der Waals surface area contributed by atoms with Crippen LogP contribution in [0.1, 0.15) is 17.4 Å². The molecule has 0 aliphatic carbocycles. The van der Waals surface area contributed by atoms with Crippen LogP contribution in [0.3, 0.4) is 0 Å². The molecule has 20 heavy (non-hydrogen) atoms. The van der Waals surface area contributed by atoms with Crippen molar-refractivity contribution in [3.05, 3.63) is 40.9 Å². The van der Waals surface area contributed by atoms with Crippen molar-refractivity contribution in [3.63, 3.8) is 0 Å². The van der Waals surface area contributed by atoms with E-state index in [0.717, 1.165) is 22.3 Å². The van der Waals surface area contributed by atoms with Crippen molar-refractivity contribution in [1.82, 2.24) is 4.98 Å². The van der Waals surface area contributed by atoms with Crippen molar-refractivity contribution in [2.45, 2.75) is 28.8 Å². The maximum Gasteiger partial charge on any atom is 0.417 e. The van der Waals surface area contributed by atoms with Crippen molar-refractivity contribution in [2.75, 3.05) is 0 Å². The molecule has 0 atom stereocenters. The largest absolute Gasteiger partial charge is 0.417 e. The summed E-state index contributed by atoms with van der Waals surface area (Å²) in [6.45, 7) is 1.89. The van der Waals surface area contributed by atoms with E-state index in [9.17, 15) is 21.6 Å². The second kappa shape index (κ2) is 5.17. The monoisotopic (exact) mass is 321 g/mol. The van der Waals surface area contributed by atoms with Crippen LogP contribution in [0.4, 0.5) is 13.2 Å². The lowest BCUT2D eigenvalue weighted by Crippen LogP contribution is -2.08. The number of alkyl halides is 3. The summed E-state index contributed by atoms with van der Waals surface area (Å²) >= 11 is 1.09. The fraction of sp³-hybridized carbons (Fsp3) is 0.250. The second-order valence-corrected chi connectivity index (χ2v) is 7.25. The predicted octanol–water partition coefficient (Wildman–Crippen LogP) is 3.56. The first kappa shape index (κ1) is 15.0. The second-order valence-electron chi connectivity index (χ2n) is 3.96. The Kier molecular flexibility index (Phi) is 3.88. The van der Waals surface area contributed by atoms with Crippen LogP contribution in [-0.2, 0) is 22.4 Å². The Balaban J connectivity index is 2.40. The van der Waals surface area contributed by atoms with Crippen LogP contribution >= 0.6 is 11.3 Å². The lowest BCUT2D eigenvalue weighted by atomic mass is 10.3. The van der Waals surface area contributed by atoms with Crippen LogP contribution in [0.25, 0.3) is 0 Å². The minimum absolute atomic E-state index is 0.0848. The first-order valence-electron chi connectivity index (χ1n) is 5.62. The molecule has 0 N–H and O–H groups in total. The summed E-state index contributed by atoms with van der Waals surface area (Å²) < 4.78 is 61.7. The quantitative estimate of drug-likeness (QED) is 0.868. The highest BCUT2D eigenvalue weighted by atomic mass is 32.2. The van der Waals surface area contributed by atoms with Gasteiger partial charge in [0, 0.05) is 11.1 Å². The summed E-state index contributed by atoms with van der Waals surface area (Å²) in [7, 11) is -3.85. The molecule has 0 radical (unpaired) electrons. The zero-order valence-electron chi connectivity index (χ0n) is 10.3. The van der Waals surface area contributed by atoms with Gasteiger partial charge in [-0.05, 0) is 30.7 Å². The summed E-state index contributed by atoms with van der Waals surface area (Å²) in [5.74, 6) is 0. The van der Waals surface area contributed by atoms with Gasteiger partial charge in [0.25, 0.3) is 0 Å². The van der Waals surface area contributed by atoms with E-state index in [-0.39, 0.29) is 9.24 Å². The number of aryl methyl sites for hydroxylation is 1. The molecular formula is C12H10F3NO2S2. The average molecular weight is 321 g/mol. The molecule has 2 heterocycles. The van der Waals surface area contributed by atoms with E-state index >= 15 is 0 Å². The number of rotatable bonds is 3. The molecule has 0 spiro atoms. The molecule has 108 valence electrons. The van der Waals surface area contributed by atoms with Gasteiger partial charge in [0.1, 0.15) is 4.21 Å². The van der Waals surface area contributed by atoms with Gasteiger partial charge in [0.05, 0.1) is 5.56 Å². The number of hydrogen-bond donors (Lipinski definition) is 0. The molecule has 0 aliphatic heterocycles. The lowest BCUT2D eigenvalue weighted by molar-refractivity contribution is -0.137. The number of sulfone groups is 1. The van der Waals surface area contributed by atoms with Crippen molar-refractivity contribution >= 4 is 21.2 Å². The molecule has 0 saturated heterocycles. The standard InChI is InChI=1S/C12H10F3NO2S2/c1-2-9-4-6-11(19-9)20(17,18)10-5-3-8(7-16-10)12(13,14)15/h3-7H,2H2,1H3. The lowest BCUT2D eigenvalue weighted by Gasteiger charge is -2.06. The van der Waals surface area contributed by atoms with E-state index < -0.39 is 21.6 Å². The first-order valence-corrected chi connectivity index (χ1v) is 7.92. The number of halogens is 3. The molecule has 0 aromatic carbocycles. The van der Waals surface area contributed by atoms with Gasteiger partial charge in [-0.3, -0.25) is 0 Å². The van der Waals surface area contributed by atoms with Gasteiger partial charge in [0.2, 0.25) is 9.84 Å². The molecule has 2 aromatic heterocycles. The summed E-state index contributed by atoms with van der Waals surface area (Å²) in [5, 5.41) is -0.380. The zero-order chi connectivity index (χ0) is 15.0. The Bertz CT molecular complexity index is 703. The van der Waals surface area contributed by atoms with Gasteiger partial charge < -0.3 is 0 Å². The fourth-order valence-electron chi connectivity index (χ4n) is 1.50. The Labute approximate surface area is 118 Å². The third-order valence-electron chi connectivity index (χ3n) is 2.59. The molecule has 0 bridgehead atoms. The first-order chi connectivity index (χ1) is 9.25. The maximum absolute atomic E-state index is 12.4. The third-order valence-corrected chi connectivity index (χ3v) is 5.98. The molecule has 8 heteroatoms. The number of nitrogens with zero attached hydrogens (tertiary/aromatic N) is 1. The van der Waals surface area contributed by atoms with Crippen LogP contribution < -0.4 is 0 Å². The summed E-state index contributed by atoms with van der Waals surface area (Å²) in [4.78, 5) is 4.31. The summed E-state index contributed by atoms with van der Waals surface area (Å²) in [5.41, 5.74) is -0.975. The van der Waals surface area contributed by atoms with Gasteiger partial charge in [-0.2, -0.15) is 13.2 Å². The zero-order valence-corrected chi connectivity index (χ0v) is 11.9. The third kappa shape index (κ3) is 2.85. The summed E-state index contributed by atoms with van der Waals surface area (Å²) in [6.07, 6.45) is -3.31. The molecular weight excluding hydrogens is 311 g/mol. The number of aromatic nitrogens is 1. The van der Waals surface area contributed by atoms with Crippen molar-refractivity contribution in [3.8, 4) is 0 Å². The highest BCUT2D eigenvalue weighted by Gasteiger charge is 2.31. The number of hydrogen-bond acceptors (Lipinski definition) is 4. The molecule has 2 aromatic rings. The van der Waals surface area contributed by atoms with E-state index in [0.29, 0.717) is 18.7 Å². The highest BCUT2D eigenvalue weighted by Crippen LogP contribution is 2.31. The molecule has 0 unspecified atom stereocenters. The Morgan fingerprint density at radius 1 is 1.20 bits per heavy atom. The van der Waals surface area contributed by atoms with Crippen molar-refractivity contribution < 1.29 is 21.6 Å². The van der Waals surface area contributed by atoms with E-state index in [4.69, 9.17) is 0 Å². The van der Waals surface area contributed by atoms with Crippen LogP contribution in [0, 0.1) is 0 Å². The van der Waals surface area contributed by atoms with Gasteiger partial charge in [-0.15, -0.1) is 11.3 Å². The number of pyridine rings is 1. The van der Waals surface area contributed by atoms with Gasteiger partial charge in [-0.1, -0.05) is 6.92 Å². The SMILES string of the molecule is CCc1ccc(S(=O)(=O)c2ccc(C(F)(F)F)cn2)s1. The molecule has 0 saturated carbocycles. The number of thiophene rings is 1. The minimum atomic E-state index is -4.53. The molecule has 0 aliphatic rings. The Morgan fingerprint density at radius 2 is 1.90 bits per heavy atom. The van der Waals surface area contributed by atoms with E-state index in [1.54, 1.807) is 6.07 Å². The molecule has 2 rings (SSSR count). The van der Waals surface area contributed by atoms with Crippen LogP contribution in [-0.4, -0.2) is 13.4 Å². The minimum Gasteiger partial charge on any atom is -0.244 e. The maximum atomic E-state index is 12.4. The normalized spacial score (nSPS) is 12.6. The fourth-order valence-corrected chi connectivity index (χ4v) is 4.09. The van der Waals surface area contributed by atoms with E-state index in [1.165, 1.54) is 6.07 Å². The van der Waals surface area contributed by atoms with Crippen LogP contribution in [0.15, 0.2) is 39.7 Å². The van der Waals surface area contributed by atoms with Gasteiger partial charge >= 0.3 is 6.18 Å². The Morgan fingerprint density at radius 3 is 2.35 bits per heavy atom. The van der Waals surface area contributed by atoms with Crippen molar-refractivity contribution in [1.29, 1.82) is 0 Å². The molecule has 0 amide bonds. The molecule has 3 nitrogen and oxygen atoms in total. The van der Waals surface area contributed by atoms with Crippen molar-refractivity contribution in [2.24, 2.45) is 0 Å². The smallest absolute Gasteiger partial charge is 0.244 e. The predicted molar refractivity (Wildman–Crippen MR) is 68.4 cm³/mol. The topological polar surface area (TPSA) is 47.0 Å². The van der Waals surface area contributed by atoms with Gasteiger partial charge in [-0.25, -0.2) is 13.4 Å².